The van der Waals surface area contributed by atoms with Crippen molar-refractivity contribution in [1.29, 1.82) is 0 Å². The van der Waals surface area contributed by atoms with Crippen LogP contribution in [0.25, 0.3) is 27.1 Å². The number of ether oxygens (including phenoxy) is 1. The molecule has 98 valence electrons. The van der Waals surface area contributed by atoms with Crippen LogP contribution in [0, 0.1) is 0 Å². The first-order valence-corrected chi connectivity index (χ1v) is 6.81. The number of phenolic OH excluding ortho intramolecular Hbond substituents is 1. The third-order valence-electron chi connectivity index (χ3n) is 3.35. The first kappa shape index (κ1) is 11.3. The Morgan fingerprint density at radius 2 is 2.00 bits per heavy atom. The van der Waals surface area contributed by atoms with Gasteiger partial charge in [-0.15, -0.1) is 0 Å². The lowest BCUT2D eigenvalue weighted by atomic mass is 9.95. The van der Waals surface area contributed by atoms with Crippen molar-refractivity contribution >= 4 is 27.3 Å². The highest BCUT2D eigenvalue weighted by Crippen LogP contribution is 2.44. The maximum atomic E-state index is 11.4. The standard InChI is InChI=1S/C15H9NO3S/c1-7-10-4-8(17)2-3-9(10)11-5-14-12(6-13(11)19-7)16-15(18)20-14/h2-6,17H,1H2,(H,16,18). The average Bonchev–Trinajstić information content (AvgIpc) is 2.76. The molecule has 1 aromatic heterocycles. The molecule has 4 nitrogen and oxygen atoms in total. The Hall–Kier alpha value is -2.53. The van der Waals surface area contributed by atoms with Gasteiger partial charge in [0.2, 0.25) is 0 Å². The summed E-state index contributed by atoms with van der Waals surface area (Å²) in [5, 5.41) is 9.59. The molecule has 3 aromatic rings. The van der Waals surface area contributed by atoms with Crippen molar-refractivity contribution in [3.63, 3.8) is 0 Å². The molecule has 2 aromatic carbocycles. The van der Waals surface area contributed by atoms with E-state index in [-0.39, 0.29) is 10.6 Å². The van der Waals surface area contributed by atoms with Gasteiger partial charge in [-0.3, -0.25) is 4.79 Å². The first-order chi connectivity index (χ1) is 9.61. The zero-order valence-electron chi connectivity index (χ0n) is 10.3. The lowest BCUT2D eigenvalue weighted by Gasteiger charge is -2.22. The van der Waals surface area contributed by atoms with Crippen molar-refractivity contribution in [3.8, 4) is 22.6 Å². The third-order valence-corrected chi connectivity index (χ3v) is 4.19. The smallest absolute Gasteiger partial charge is 0.305 e. The van der Waals surface area contributed by atoms with Gasteiger partial charge >= 0.3 is 4.87 Å². The molecule has 0 atom stereocenters. The summed E-state index contributed by atoms with van der Waals surface area (Å²) < 4.78 is 6.59. The van der Waals surface area contributed by atoms with Crippen LogP contribution < -0.4 is 9.61 Å². The predicted octanol–water partition coefficient (Wildman–Crippen LogP) is 3.33. The van der Waals surface area contributed by atoms with Crippen molar-refractivity contribution in [2.45, 2.75) is 0 Å². The van der Waals surface area contributed by atoms with Gasteiger partial charge in [0.25, 0.3) is 0 Å². The maximum Gasteiger partial charge on any atom is 0.305 e. The van der Waals surface area contributed by atoms with Crippen LogP contribution in [0.4, 0.5) is 0 Å². The van der Waals surface area contributed by atoms with Crippen molar-refractivity contribution in [2.24, 2.45) is 0 Å². The molecule has 0 unspecified atom stereocenters. The predicted molar refractivity (Wildman–Crippen MR) is 79.2 cm³/mol. The monoisotopic (exact) mass is 283 g/mol. The molecule has 5 heteroatoms. The van der Waals surface area contributed by atoms with Gasteiger partial charge in [-0.2, -0.15) is 0 Å². The van der Waals surface area contributed by atoms with Crippen molar-refractivity contribution in [2.75, 3.05) is 0 Å². The number of benzene rings is 2. The summed E-state index contributed by atoms with van der Waals surface area (Å²) in [7, 11) is 0. The normalized spacial score (nSPS) is 12.9. The summed E-state index contributed by atoms with van der Waals surface area (Å²) in [4.78, 5) is 14.1. The van der Waals surface area contributed by atoms with E-state index in [0.29, 0.717) is 11.5 Å². The molecule has 0 saturated heterocycles. The van der Waals surface area contributed by atoms with Crippen LogP contribution in [0.3, 0.4) is 0 Å². The van der Waals surface area contributed by atoms with Gasteiger partial charge < -0.3 is 14.8 Å². The number of H-pyrrole nitrogens is 1. The van der Waals surface area contributed by atoms with Gasteiger partial charge in [0.1, 0.15) is 17.3 Å². The molecule has 2 heterocycles. The van der Waals surface area contributed by atoms with E-state index in [4.69, 9.17) is 4.74 Å². The van der Waals surface area contributed by atoms with E-state index in [0.717, 1.165) is 26.9 Å². The van der Waals surface area contributed by atoms with Crippen LogP contribution in [0.2, 0.25) is 0 Å². The van der Waals surface area contributed by atoms with Crippen LogP contribution >= 0.6 is 11.3 Å². The summed E-state index contributed by atoms with van der Waals surface area (Å²) in [5.41, 5.74) is 3.36. The maximum absolute atomic E-state index is 11.4. The number of phenols is 1. The van der Waals surface area contributed by atoms with E-state index in [1.165, 1.54) is 11.3 Å². The number of rotatable bonds is 0. The molecule has 1 aliphatic rings. The number of aromatic amines is 1. The zero-order valence-corrected chi connectivity index (χ0v) is 11.1. The lowest BCUT2D eigenvalue weighted by molar-refractivity contribution is 0.472. The molecule has 0 saturated carbocycles. The second kappa shape index (κ2) is 3.74. The van der Waals surface area contributed by atoms with E-state index < -0.39 is 0 Å². The average molecular weight is 283 g/mol. The molecule has 0 spiro atoms. The highest BCUT2D eigenvalue weighted by molar-refractivity contribution is 7.16. The van der Waals surface area contributed by atoms with Gasteiger partial charge in [-0.1, -0.05) is 17.9 Å². The van der Waals surface area contributed by atoms with E-state index in [1.807, 2.05) is 18.2 Å². The highest BCUT2D eigenvalue weighted by Gasteiger charge is 2.22. The van der Waals surface area contributed by atoms with Gasteiger partial charge in [0.15, 0.2) is 0 Å². The number of hydrogen-bond acceptors (Lipinski definition) is 4. The molecular formula is C15H9NO3S. The zero-order chi connectivity index (χ0) is 13.9. The molecule has 0 radical (unpaired) electrons. The van der Waals surface area contributed by atoms with Crippen LogP contribution in [0.15, 0.2) is 41.7 Å². The summed E-state index contributed by atoms with van der Waals surface area (Å²) >= 11 is 1.17. The first-order valence-electron chi connectivity index (χ1n) is 5.99. The Morgan fingerprint density at radius 1 is 1.15 bits per heavy atom. The number of aromatic hydroxyl groups is 1. The van der Waals surface area contributed by atoms with Crippen molar-refractivity contribution < 1.29 is 9.84 Å². The number of hydrogen-bond donors (Lipinski definition) is 2. The Morgan fingerprint density at radius 3 is 2.85 bits per heavy atom. The fourth-order valence-electron chi connectivity index (χ4n) is 2.46. The van der Waals surface area contributed by atoms with E-state index >= 15 is 0 Å². The fourth-order valence-corrected chi connectivity index (χ4v) is 3.22. The van der Waals surface area contributed by atoms with Gasteiger partial charge in [-0.25, -0.2) is 0 Å². The molecule has 1 aliphatic heterocycles. The largest absolute Gasteiger partial charge is 0.508 e. The van der Waals surface area contributed by atoms with Gasteiger partial charge in [0, 0.05) is 17.2 Å². The molecule has 0 aliphatic carbocycles. The Bertz CT molecular complexity index is 936. The molecule has 0 amide bonds. The summed E-state index contributed by atoms with van der Waals surface area (Å²) in [6.45, 7) is 3.88. The third kappa shape index (κ3) is 1.50. The van der Waals surface area contributed by atoms with E-state index in [9.17, 15) is 9.90 Å². The van der Waals surface area contributed by atoms with Crippen LogP contribution in [0.5, 0.6) is 11.5 Å². The summed E-state index contributed by atoms with van der Waals surface area (Å²) in [6, 6.07) is 8.83. The Balaban J connectivity index is 2.08. The van der Waals surface area contributed by atoms with Gasteiger partial charge in [0.05, 0.1) is 10.2 Å². The van der Waals surface area contributed by atoms with E-state index in [2.05, 4.69) is 11.6 Å². The van der Waals surface area contributed by atoms with Crippen LogP contribution in [-0.2, 0) is 0 Å². The second-order valence-corrected chi connectivity index (χ2v) is 5.63. The number of aromatic nitrogens is 1. The van der Waals surface area contributed by atoms with Crippen molar-refractivity contribution in [1.82, 2.24) is 4.98 Å². The molecule has 4 rings (SSSR count). The molecular weight excluding hydrogens is 274 g/mol. The second-order valence-electron chi connectivity index (χ2n) is 4.61. The molecule has 2 N–H and O–H groups in total. The topological polar surface area (TPSA) is 62.3 Å². The van der Waals surface area contributed by atoms with Gasteiger partial charge in [-0.05, 0) is 29.8 Å². The summed E-state index contributed by atoms with van der Waals surface area (Å²) in [5.74, 6) is 1.32. The Labute approximate surface area is 117 Å². The minimum atomic E-state index is -0.0906. The SMILES string of the molecule is C=C1Oc2cc3[nH]c(=O)sc3cc2-c2ccc(O)cc21. The molecule has 20 heavy (non-hydrogen) atoms. The molecule has 0 bridgehead atoms. The number of thiazole rings is 1. The highest BCUT2D eigenvalue weighted by atomic mass is 32.1. The minimum Gasteiger partial charge on any atom is -0.508 e. The van der Waals surface area contributed by atoms with Crippen LogP contribution in [0.1, 0.15) is 5.56 Å². The molecule has 0 fully saturated rings. The van der Waals surface area contributed by atoms with E-state index in [1.54, 1.807) is 12.1 Å². The van der Waals surface area contributed by atoms with Crippen molar-refractivity contribution in [3.05, 3.63) is 52.1 Å². The number of nitrogens with one attached hydrogen (secondary N) is 1. The summed E-state index contributed by atoms with van der Waals surface area (Å²) in [6.07, 6.45) is 0. The Kier molecular flexibility index (Phi) is 2.11. The van der Waals surface area contributed by atoms with Crippen LogP contribution in [-0.4, -0.2) is 10.1 Å². The minimum absolute atomic E-state index is 0.0906. The quantitative estimate of drug-likeness (QED) is 0.665. The fraction of sp³-hybridized carbons (Fsp3) is 0. The lowest BCUT2D eigenvalue weighted by Crippen LogP contribution is -2.03. The number of fused-ring (bicyclic) bond motifs is 4.